The van der Waals surface area contributed by atoms with Crippen molar-refractivity contribution in [3.05, 3.63) is 82.4 Å². The third-order valence-electron chi connectivity index (χ3n) is 6.51. The molecule has 0 unspecified atom stereocenters. The van der Waals surface area contributed by atoms with Gasteiger partial charge < -0.3 is 15.2 Å². The molecule has 0 fully saturated rings. The number of nitrogen functional groups attached to an aromatic ring is 1. The van der Waals surface area contributed by atoms with Crippen molar-refractivity contribution in [3.63, 3.8) is 0 Å². The van der Waals surface area contributed by atoms with E-state index >= 15 is 0 Å². The lowest BCUT2D eigenvalue weighted by atomic mass is 9.91. The standard InChI is InChI=1S/C28H34N2O5S/c1-6-30(7-2)18-24-26(29)19(3)23(17-20-11-9-8-10-12-20)25(28(31)35-5)27(24)36(32,33)22-15-13-21(34-4)14-16-22/h8-16H,6-7,17-18,29H2,1-5H3. The van der Waals surface area contributed by atoms with Gasteiger partial charge in [-0.2, -0.15) is 0 Å². The maximum atomic E-state index is 14.2. The van der Waals surface area contributed by atoms with Crippen molar-refractivity contribution in [1.82, 2.24) is 4.90 Å². The van der Waals surface area contributed by atoms with Crippen LogP contribution in [0.4, 0.5) is 5.69 Å². The SMILES string of the molecule is CCN(CC)Cc1c(N)c(C)c(Cc2ccccc2)c(C(=O)OC)c1S(=O)(=O)c1ccc(OC)cc1. The van der Waals surface area contributed by atoms with E-state index in [0.29, 0.717) is 47.6 Å². The van der Waals surface area contributed by atoms with E-state index < -0.39 is 15.8 Å². The molecule has 0 saturated carbocycles. The first-order chi connectivity index (χ1) is 17.2. The van der Waals surface area contributed by atoms with E-state index in [1.807, 2.05) is 51.1 Å². The van der Waals surface area contributed by atoms with E-state index in [1.54, 1.807) is 12.1 Å². The molecule has 0 aliphatic heterocycles. The lowest BCUT2D eigenvalue weighted by Gasteiger charge is -2.26. The molecular weight excluding hydrogens is 476 g/mol. The van der Waals surface area contributed by atoms with E-state index in [0.717, 1.165) is 5.56 Å². The molecule has 0 aliphatic rings. The molecular formula is C28H34N2O5S. The van der Waals surface area contributed by atoms with E-state index in [4.69, 9.17) is 15.2 Å². The highest BCUT2D eigenvalue weighted by molar-refractivity contribution is 7.91. The Bertz CT molecular complexity index is 1320. The number of carbonyl (C=O) groups excluding carboxylic acids is 1. The van der Waals surface area contributed by atoms with Crippen LogP contribution in [0, 0.1) is 6.92 Å². The lowest BCUT2D eigenvalue weighted by molar-refractivity contribution is 0.0594. The number of anilines is 1. The largest absolute Gasteiger partial charge is 0.497 e. The van der Waals surface area contributed by atoms with Gasteiger partial charge in [0, 0.05) is 17.8 Å². The van der Waals surface area contributed by atoms with E-state index in [-0.39, 0.29) is 21.9 Å². The molecule has 0 radical (unpaired) electrons. The topological polar surface area (TPSA) is 98.9 Å². The van der Waals surface area contributed by atoms with Crippen molar-refractivity contribution < 1.29 is 22.7 Å². The summed E-state index contributed by atoms with van der Waals surface area (Å²) in [4.78, 5) is 15.3. The van der Waals surface area contributed by atoms with Gasteiger partial charge in [-0.3, -0.25) is 4.90 Å². The van der Waals surface area contributed by atoms with Gasteiger partial charge in [0.25, 0.3) is 0 Å². The van der Waals surface area contributed by atoms with Crippen molar-refractivity contribution in [1.29, 1.82) is 0 Å². The van der Waals surface area contributed by atoms with Crippen LogP contribution in [0.15, 0.2) is 64.4 Å². The van der Waals surface area contributed by atoms with E-state index in [1.165, 1.54) is 26.4 Å². The molecule has 7 nitrogen and oxygen atoms in total. The summed E-state index contributed by atoms with van der Waals surface area (Å²) in [6.45, 7) is 7.48. The number of methoxy groups -OCH3 is 2. The van der Waals surface area contributed by atoms with Gasteiger partial charge >= 0.3 is 5.97 Å². The predicted molar refractivity (Wildman–Crippen MR) is 141 cm³/mol. The fourth-order valence-corrected chi connectivity index (χ4v) is 6.03. The number of esters is 1. The summed E-state index contributed by atoms with van der Waals surface area (Å²) in [5, 5.41) is 0. The van der Waals surface area contributed by atoms with Gasteiger partial charge in [-0.1, -0.05) is 44.2 Å². The maximum absolute atomic E-state index is 14.2. The predicted octanol–water partition coefficient (Wildman–Crippen LogP) is 4.64. The highest BCUT2D eigenvalue weighted by atomic mass is 32.2. The van der Waals surface area contributed by atoms with Crippen LogP contribution in [0.2, 0.25) is 0 Å². The smallest absolute Gasteiger partial charge is 0.339 e. The van der Waals surface area contributed by atoms with Crippen LogP contribution in [-0.2, 0) is 27.5 Å². The zero-order chi connectivity index (χ0) is 26.5. The van der Waals surface area contributed by atoms with Gasteiger partial charge in [-0.05, 0) is 67.4 Å². The third kappa shape index (κ3) is 5.39. The summed E-state index contributed by atoms with van der Waals surface area (Å²) in [7, 11) is -1.39. The molecule has 0 aromatic heterocycles. The Balaban J connectivity index is 2.42. The molecule has 0 spiro atoms. The van der Waals surface area contributed by atoms with Crippen molar-refractivity contribution in [2.75, 3.05) is 33.0 Å². The van der Waals surface area contributed by atoms with Gasteiger partial charge in [0.15, 0.2) is 0 Å². The number of hydrogen-bond acceptors (Lipinski definition) is 7. The van der Waals surface area contributed by atoms with Crippen molar-refractivity contribution in [2.24, 2.45) is 0 Å². The minimum atomic E-state index is -4.16. The Morgan fingerprint density at radius 2 is 1.56 bits per heavy atom. The first-order valence-corrected chi connectivity index (χ1v) is 13.3. The molecule has 3 aromatic rings. The minimum Gasteiger partial charge on any atom is -0.497 e. The maximum Gasteiger partial charge on any atom is 0.339 e. The molecule has 3 rings (SSSR count). The Morgan fingerprint density at radius 1 is 0.944 bits per heavy atom. The van der Waals surface area contributed by atoms with Crippen LogP contribution in [-0.4, -0.2) is 46.6 Å². The average molecular weight is 511 g/mol. The number of benzene rings is 3. The number of nitrogens with zero attached hydrogens (tertiary/aromatic N) is 1. The Labute approximate surface area is 213 Å². The first-order valence-electron chi connectivity index (χ1n) is 11.9. The molecule has 192 valence electrons. The van der Waals surface area contributed by atoms with Crippen LogP contribution < -0.4 is 10.5 Å². The summed E-state index contributed by atoms with van der Waals surface area (Å²) < 4.78 is 38.7. The number of sulfone groups is 1. The molecule has 2 N–H and O–H groups in total. The first kappa shape index (κ1) is 27.2. The number of carbonyl (C=O) groups is 1. The fourth-order valence-electron chi connectivity index (χ4n) is 4.32. The number of nitrogens with two attached hydrogens (primary N) is 1. The highest BCUT2D eigenvalue weighted by Crippen LogP contribution is 2.39. The third-order valence-corrected chi connectivity index (χ3v) is 8.39. The van der Waals surface area contributed by atoms with E-state index in [9.17, 15) is 13.2 Å². The summed E-state index contributed by atoms with van der Waals surface area (Å²) in [5.41, 5.74) is 9.62. The second-order valence-corrected chi connectivity index (χ2v) is 10.4. The Kier molecular flexibility index (Phi) is 8.76. The van der Waals surface area contributed by atoms with Crippen LogP contribution in [0.1, 0.15) is 46.5 Å². The monoisotopic (exact) mass is 510 g/mol. The van der Waals surface area contributed by atoms with Gasteiger partial charge in [-0.25, -0.2) is 13.2 Å². The van der Waals surface area contributed by atoms with Crippen LogP contribution in [0.3, 0.4) is 0 Å². The van der Waals surface area contributed by atoms with Crippen molar-refractivity contribution >= 4 is 21.5 Å². The molecule has 36 heavy (non-hydrogen) atoms. The fraction of sp³-hybridized carbons (Fsp3) is 0.321. The van der Waals surface area contributed by atoms with Gasteiger partial charge in [0.1, 0.15) is 5.75 Å². The van der Waals surface area contributed by atoms with Crippen molar-refractivity contribution in [3.8, 4) is 5.75 Å². The quantitative estimate of drug-likeness (QED) is 0.313. The number of hydrogen-bond donors (Lipinski definition) is 1. The molecule has 8 heteroatoms. The van der Waals surface area contributed by atoms with Gasteiger partial charge in [-0.15, -0.1) is 0 Å². The second kappa shape index (κ2) is 11.6. The minimum absolute atomic E-state index is 0.0334. The normalized spacial score (nSPS) is 11.5. The zero-order valence-electron chi connectivity index (χ0n) is 21.5. The van der Waals surface area contributed by atoms with Crippen LogP contribution in [0.25, 0.3) is 0 Å². The molecule has 3 aromatic carbocycles. The molecule has 0 atom stereocenters. The van der Waals surface area contributed by atoms with Crippen LogP contribution in [0.5, 0.6) is 5.75 Å². The van der Waals surface area contributed by atoms with Gasteiger partial charge in [0.05, 0.1) is 29.6 Å². The molecule has 0 saturated heterocycles. The Morgan fingerprint density at radius 3 is 2.08 bits per heavy atom. The molecule has 0 heterocycles. The molecule has 0 aliphatic carbocycles. The molecule has 0 bridgehead atoms. The summed E-state index contributed by atoms with van der Waals surface area (Å²) in [6, 6.07) is 15.7. The summed E-state index contributed by atoms with van der Waals surface area (Å²) >= 11 is 0. The second-order valence-electron chi connectivity index (χ2n) is 8.49. The summed E-state index contributed by atoms with van der Waals surface area (Å²) in [6.07, 6.45) is 0.331. The summed E-state index contributed by atoms with van der Waals surface area (Å²) in [5.74, 6) is -0.185. The van der Waals surface area contributed by atoms with E-state index in [2.05, 4.69) is 4.90 Å². The number of ether oxygens (including phenoxy) is 2. The average Bonchev–Trinajstić information content (AvgIpc) is 2.90. The van der Waals surface area contributed by atoms with Crippen molar-refractivity contribution in [2.45, 2.75) is 43.5 Å². The van der Waals surface area contributed by atoms with Gasteiger partial charge in [0.2, 0.25) is 9.84 Å². The number of rotatable bonds is 10. The Hall–Kier alpha value is -3.36. The lowest BCUT2D eigenvalue weighted by Crippen LogP contribution is -2.27. The zero-order valence-corrected chi connectivity index (χ0v) is 22.3. The van der Waals surface area contributed by atoms with Crippen LogP contribution >= 0.6 is 0 Å². The molecule has 0 amide bonds. The highest BCUT2D eigenvalue weighted by Gasteiger charge is 2.34.